The fraction of sp³-hybridized carbons (Fsp3) is 0.136. The van der Waals surface area contributed by atoms with E-state index in [9.17, 15) is 4.79 Å². The molecule has 1 N–H and O–H groups in total. The van der Waals surface area contributed by atoms with Gasteiger partial charge in [0.15, 0.2) is 0 Å². The largest absolute Gasteiger partial charge is 0.490 e. The van der Waals surface area contributed by atoms with E-state index in [1.807, 2.05) is 73.7 Å². The molecule has 0 aromatic heterocycles. The Morgan fingerprint density at radius 1 is 0.926 bits per heavy atom. The standard InChI is InChI=1S/C22H20BrNO3/c1-16-11-12-17(15-19(16)23)22(25)24-20-9-5-6-10-21(20)27-14-13-26-18-7-3-2-4-8-18/h2-12,15H,13-14H2,1H3,(H,24,25). The third kappa shape index (κ3) is 5.34. The van der Waals surface area contributed by atoms with Crippen molar-refractivity contribution >= 4 is 27.5 Å². The third-order valence-corrected chi connectivity index (χ3v) is 4.78. The molecule has 0 unspecified atom stereocenters. The third-order valence-electron chi connectivity index (χ3n) is 3.92. The molecule has 0 aliphatic heterocycles. The number of nitrogens with one attached hydrogen (secondary N) is 1. The van der Waals surface area contributed by atoms with Crippen LogP contribution in [0.15, 0.2) is 77.3 Å². The molecule has 3 rings (SSSR count). The Labute approximate surface area is 167 Å². The van der Waals surface area contributed by atoms with Crippen molar-refractivity contribution in [1.29, 1.82) is 0 Å². The minimum absolute atomic E-state index is 0.188. The molecular formula is C22H20BrNO3. The van der Waals surface area contributed by atoms with Crippen molar-refractivity contribution in [3.8, 4) is 11.5 Å². The SMILES string of the molecule is Cc1ccc(C(=O)Nc2ccccc2OCCOc2ccccc2)cc1Br. The monoisotopic (exact) mass is 425 g/mol. The van der Waals surface area contributed by atoms with Gasteiger partial charge in [0.1, 0.15) is 24.7 Å². The highest BCUT2D eigenvalue weighted by Gasteiger charge is 2.11. The van der Waals surface area contributed by atoms with E-state index in [1.54, 1.807) is 6.07 Å². The maximum Gasteiger partial charge on any atom is 0.255 e. The van der Waals surface area contributed by atoms with Gasteiger partial charge in [0.05, 0.1) is 5.69 Å². The first-order valence-electron chi connectivity index (χ1n) is 8.60. The highest BCUT2D eigenvalue weighted by molar-refractivity contribution is 9.10. The maximum absolute atomic E-state index is 12.5. The van der Waals surface area contributed by atoms with Gasteiger partial charge in [-0.25, -0.2) is 0 Å². The molecule has 0 saturated heterocycles. The van der Waals surface area contributed by atoms with E-state index < -0.39 is 0 Å². The number of amides is 1. The second kappa shape index (κ2) is 9.24. The molecule has 0 aliphatic carbocycles. The minimum Gasteiger partial charge on any atom is -0.490 e. The Bertz CT molecular complexity index is 912. The van der Waals surface area contributed by atoms with E-state index in [2.05, 4.69) is 21.2 Å². The number of carbonyl (C=O) groups is 1. The smallest absolute Gasteiger partial charge is 0.255 e. The van der Waals surface area contributed by atoms with Crippen LogP contribution in [-0.4, -0.2) is 19.1 Å². The summed E-state index contributed by atoms with van der Waals surface area (Å²) in [5, 5.41) is 2.91. The normalized spacial score (nSPS) is 10.3. The number of rotatable bonds is 7. The summed E-state index contributed by atoms with van der Waals surface area (Å²) >= 11 is 3.46. The number of carbonyl (C=O) groups excluding carboxylic acids is 1. The Balaban J connectivity index is 1.59. The summed E-state index contributed by atoms with van der Waals surface area (Å²) in [6.07, 6.45) is 0. The zero-order chi connectivity index (χ0) is 19.1. The second-order valence-corrected chi connectivity index (χ2v) is 6.78. The van der Waals surface area contributed by atoms with E-state index >= 15 is 0 Å². The minimum atomic E-state index is -0.188. The molecule has 0 atom stereocenters. The van der Waals surface area contributed by atoms with Gasteiger partial charge >= 0.3 is 0 Å². The lowest BCUT2D eigenvalue weighted by Crippen LogP contribution is -2.14. The average molecular weight is 426 g/mol. The highest BCUT2D eigenvalue weighted by atomic mass is 79.9. The van der Waals surface area contributed by atoms with Crippen molar-refractivity contribution < 1.29 is 14.3 Å². The van der Waals surface area contributed by atoms with Crippen molar-refractivity contribution in [1.82, 2.24) is 0 Å². The molecule has 0 spiro atoms. The number of benzene rings is 3. The van der Waals surface area contributed by atoms with Crippen molar-refractivity contribution in [2.45, 2.75) is 6.92 Å². The molecule has 1 amide bonds. The summed E-state index contributed by atoms with van der Waals surface area (Å²) in [4.78, 5) is 12.5. The van der Waals surface area contributed by atoms with Crippen LogP contribution < -0.4 is 14.8 Å². The topological polar surface area (TPSA) is 47.6 Å². The summed E-state index contributed by atoms with van der Waals surface area (Å²) in [7, 11) is 0. The van der Waals surface area contributed by atoms with Gasteiger partial charge in [-0.3, -0.25) is 4.79 Å². The van der Waals surface area contributed by atoms with Crippen LogP contribution in [0.5, 0.6) is 11.5 Å². The number of hydrogen-bond acceptors (Lipinski definition) is 3. The van der Waals surface area contributed by atoms with E-state index in [0.29, 0.717) is 30.2 Å². The van der Waals surface area contributed by atoms with Crippen LogP contribution in [-0.2, 0) is 0 Å². The summed E-state index contributed by atoms with van der Waals surface area (Å²) < 4.78 is 12.3. The van der Waals surface area contributed by atoms with Crippen molar-refractivity contribution in [2.24, 2.45) is 0 Å². The molecule has 0 radical (unpaired) electrons. The van der Waals surface area contributed by atoms with E-state index in [1.165, 1.54) is 0 Å². The first-order valence-corrected chi connectivity index (χ1v) is 9.40. The van der Waals surface area contributed by atoms with Gasteiger partial charge in [0.25, 0.3) is 5.91 Å². The van der Waals surface area contributed by atoms with E-state index in [0.717, 1.165) is 15.8 Å². The summed E-state index contributed by atoms with van der Waals surface area (Å²) in [6.45, 7) is 2.77. The average Bonchev–Trinajstić information content (AvgIpc) is 2.69. The van der Waals surface area contributed by atoms with E-state index in [4.69, 9.17) is 9.47 Å². The molecule has 0 bridgehead atoms. The Hall–Kier alpha value is -2.79. The van der Waals surface area contributed by atoms with Crippen LogP contribution in [0.4, 0.5) is 5.69 Å². The molecule has 0 heterocycles. The van der Waals surface area contributed by atoms with Gasteiger partial charge < -0.3 is 14.8 Å². The van der Waals surface area contributed by atoms with Crippen LogP contribution in [0.1, 0.15) is 15.9 Å². The molecule has 0 fully saturated rings. The fourth-order valence-electron chi connectivity index (χ4n) is 2.45. The van der Waals surface area contributed by atoms with E-state index in [-0.39, 0.29) is 5.91 Å². The molecule has 3 aromatic carbocycles. The molecule has 27 heavy (non-hydrogen) atoms. The second-order valence-electron chi connectivity index (χ2n) is 5.92. The van der Waals surface area contributed by atoms with Gasteiger partial charge in [0, 0.05) is 10.0 Å². The predicted octanol–water partition coefficient (Wildman–Crippen LogP) is 5.47. The highest BCUT2D eigenvalue weighted by Crippen LogP contribution is 2.25. The molecule has 138 valence electrons. The number of hydrogen-bond donors (Lipinski definition) is 1. The summed E-state index contributed by atoms with van der Waals surface area (Å²) in [5.74, 6) is 1.22. The Kier molecular flexibility index (Phi) is 6.49. The van der Waals surface area contributed by atoms with Crippen molar-refractivity contribution in [3.63, 3.8) is 0 Å². The fourth-order valence-corrected chi connectivity index (χ4v) is 2.83. The van der Waals surface area contributed by atoms with Crippen LogP contribution in [0.2, 0.25) is 0 Å². The lowest BCUT2D eigenvalue weighted by molar-refractivity contribution is 0.102. The van der Waals surface area contributed by atoms with Crippen LogP contribution in [0.25, 0.3) is 0 Å². The molecule has 5 heteroatoms. The lowest BCUT2D eigenvalue weighted by Gasteiger charge is -2.13. The number of para-hydroxylation sites is 3. The van der Waals surface area contributed by atoms with Crippen molar-refractivity contribution in [3.05, 3.63) is 88.4 Å². The molecular weight excluding hydrogens is 406 g/mol. The predicted molar refractivity (Wildman–Crippen MR) is 111 cm³/mol. The van der Waals surface area contributed by atoms with Gasteiger partial charge in [-0.1, -0.05) is 52.3 Å². The quantitative estimate of drug-likeness (QED) is 0.510. The molecule has 0 saturated carbocycles. The zero-order valence-electron chi connectivity index (χ0n) is 14.9. The van der Waals surface area contributed by atoms with Crippen LogP contribution in [0, 0.1) is 6.92 Å². The number of halogens is 1. The first kappa shape index (κ1) is 19.0. The van der Waals surface area contributed by atoms with Gasteiger partial charge in [0.2, 0.25) is 0 Å². The van der Waals surface area contributed by atoms with Crippen LogP contribution in [0.3, 0.4) is 0 Å². The van der Waals surface area contributed by atoms with Gasteiger partial charge in [-0.2, -0.15) is 0 Å². The lowest BCUT2D eigenvalue weighted by atomic mass is 10.1. The first-order chi connectivity index (χ1) is 13.1. The zero-order valence-corrected chi connectivity index (χ0v) is 16.5. The molecule has 0 aliphatic rings. The number of anilines is 1. The molecule has 3 aromatic rings. The Morgan fingerprint density at radius 3 is 2.41 bits per heavy atom. The van der Waals surface area contributed by atoms with Gasteiger partial charge in [-0.05, 0) is 48.9 Å². The number of aryl methyl sites for hydroxylation is 1. The van der Waals surface area contributed by atoms with Crippen LogP contribution >= 0.6 is 15.9 Å². The number of ether oxygens (including phenoxy) is 2. The maximum atomic E-state index is 12.5. The summed E-state index contributed by atoms with van der Waals surface area (Å²) in [5.41, 5.74) is 2.28. The van der Waals surface area contributed by atoms with Gasteiger partial charge in [-0.15, -0.1) is 0 Å². The molecule has 4 nitrogen and oxygen atoms in total. The summed E-state index contributed by atoms with van der Waals surface area (Å²) in [6, 6.07) is 22.4. The Morgan fingerprint density at radius 2 is 1.63 bits per heavy atom. The van der Waals surface area contributed by atoms with Crippen molar-refractivity contribution in [2.75, 3.05) is 18.5 Å².